The van der Waals surface area contributed by atoms with Gasteiger partial charge in [-0.2, -0.15) is 13.2 Å². The average molecular weight is 395 g/mol. The molecule has 2 heterocycles. The minimum atomic E-state index is -5.28. The molecule has 0 radical (unpaired) electrons. The molecule has 28 heavy (non-hydrogen) atoms. The highest BCUT2D eigenvalue weighted by Gasteiger charge is 2.73. The topological polar surface area (TPSA) is 93.2 Å². The number of aromatic nitrogens is 2. The SMILES string of the molecule is C=C1NC(=O)[C@@](c2c(C)[nH]n(-c3ccccc3)c2=O)(C(F)(F)F)[C@H]1C(=O)OC. The second kappa shape index (κ2) is 6.39. The molecule has 0 bridgehead atoms. The highest BCUT2D eigenvalue weighted by Crippen LogP contribution is 2.52. The lowest BCUT2D eigenvalue weighted by Gasteiger charge is -2.32. The number of nitrogens with zero attached hydrogens (tertiary/aromatic N) is 1. The largest absolute Gasteiger partial charge is 0.468 e. The van der Waals surface area contributed by atoms with Crippen molar-refractivity contribution in [3.8, 4) is 5.69 Å². The summed E-state index contributed by atoms with van der Waals surface area (Å²) in [6, 6.07) is 7.88. The van der Waals surface area contributed by atoms with Crippen LogP contribution in [0.5, 0.6) is 0 Å². The number of nitrogens with one attached hydrogen (secondary N) is 2. The molecule has 148 valence electrons. The van der Waals surface area contributed by atoms with Gasteiger partial charge in [-0.25, -0.2) is 4.68 Å². The normalized spacial score (nSPS) is 22.2. The number of carbonyl (C=O) groups is 2. The number of rotatable bonds is 3. The molecule has 0 aliphatic carbocycles. The van der Waals surface area contributed by atoms with Crippen molar-refractivity contribution in [2.24, 2.45) is 5.92 Å². The summed E-state index contributed by atoms with van der Waals surface area (Å²) in [5, 5.41) is 4.52. The smallest absolute Gasteiger partial charge is 0.408 e. The van der Waals surface area contributed by atoms with Gasteiger partial charge >= 0.3 is 12.1 Å². The Morgan fingerprint density at radius 1 is 1.25 bits per heavy atom. The van der Waals surface area contributed by atoms with E-state index in [9.17, 15) is 27.6 Å². The fourth-order valence-corrected chi connectivity index (χ4v) is 3.61. The van der Waals surface area contributed by atoms with Crippen LogP contribution in [0.15, 0.2) is 47.4 Å². The highest BCUT2D eigenvalue weighted by molar-refractivity contribution is 6.01. The Balaban J connectivity index is 2.39. The average Bonchev–Trinajstić information content (AvgIpc) is 3.07. The van der Waals surface area contributed by atoms with Crippen molar-refractivity contribution >= 4 is 11.9 Å². The molecule has 7 nitrogen and oxygen atoms in total. The van der Waals surface area contributed by atoms with E-state index in [0.717, 1.165) is 11.8 Å². The highest BCUT2D eigenvalue weighted by atomic mass is 19.4. The number of amides is 1. The van der Waals surface area contributed by atoms with Gasteiger partial charge in [-0.1, -0.05) is 24.8 Å². The maximum absolute atomic E-state index is 14.4. The summed E-state index contributed by atoms with van der Waals surface area (Å²) in [4.78, 5) is 37.8. The summed E-state index contributed by atoms with van der Waals surface area (Å²) in [5.74, 6) is -5.02. The molecule has 3 rings (SSSR count). The van der Waals surface area contributed by atoms with Crippen molar-refractivity contribution in [2.45, 2.75) is 18.5 Å². The predicted octanol–water partition coefficient (Wildman–Crippen LogP) is 1.71. The number of carbonyl (C=O) groups excluding carboxylic acids is 2. The lowest BCUT2D eigenvalue weighted by Crippen LogP contribution is -2.56. The molecule has 1 aromatic heterocycles. The van der Waals surface area contributed by atoms with E-state index in [0.29, 0.717) is 0 Å². The number of aryl methyl sites for hydroxylation is 1. The first-order valence-electron chi connectivity index (χ1n) is 8.09. The maximum atomic E-state index is 14.4. The summed E-state index contributed by atoms with van der Waals surface area (Å²) in [5.41, 5.74) is -5.86. The minimum Gasteiger partial charge on any atom is -0.468 e. The van der Waals surface area contributed by atoms with E-state index >= 15 is 0 Å². The Morgan fingerprint density at radius 2 is 1.86 bits per heavy atom. The maximum Gasteiger partial charge on any atom is 0.408 e. The van der Waals surface area contributed by atoms with Gasteiger partial charge in [0.2, 0.25) is 5.91 Å². The fourth-order valence-electron chi connectivity index (χ4n) is 3.61. The zero-order valence-corrected chi connectivity index (χ0v) is 14.9. The molecule has 1 saturated heterocycles. The number of para-hydroxylation sites is 1. The standard InChI is InChI=1S/C18H16F3N3O4/c1-9-13(15(26)28-3)17(16(27)22-9,18(19,20)21)12-10(2)23-24(14(12)25)11-7-5-4-6-8-11/h4-8,13,23H,1H2,2-3H3,(H,22,27)/t13-,17+/m1/s1. The van der Waals surface area contributed by atoms with E-state index < -0.39 is 46.2 Å². The molecular weight excluding hydrogens is 379 g/mol. The molecule has 0 unspecified atom stereocenters. The Labute approximate surface area is 156 Å². The summed E-state index contributed by atoms with van der Waals surface area (Å²) in [7, 11) is 0.895. The number of alkyl halides is 3. The van der Waals surface area contributed by atoms with Gasteiger partial charge in [0.05, 0.1) is 18.4 Å². The van der Waals surface area contributed by atoms with Crippen molar-refractivity contribution < 1.29 is 27.5 Å². The number of ether oxygens (including phenoxy) is 1. The first-order valence-corrected chi connectivity index (χ1v) is 8.09. The van der Waals surface area contributed by atoms with E-state index in [-0.39, 0.29) is 11.4 Å². The van der Waals surface area contributed by atoms with E-state index in [2.05, 4.69) is 16.4 Å². The van der Waals surface area contributed by atoms with Crippen LogP contribution in [-0.2, 0) is 19.7 Å². The van der Waals surface area contributed by atoms with Crippen molar-refractivity contribution in [1.82, 2.24) is 15.1 Å². The lowest BCUT2D eigenvalue weighted by atomic mass is 9.70. The minimum absolute atomic E-state index is 0.204. The van der Waals surface area contributed by atoms with Crippen LogP contribution in [0, 0.1) is 12.8 Å². The quantitative estimate of drug-likeness (QED) is 0.774. The van der Waals surface area contributed by atoms with Crippen LogP contribution >= 0.6 is 0 Å². The monoisotopic (exact) mass is 395 g/mol. The van der Waals surface area contributed by atoms with Gasteiger partial charge in [0.25, 0.3) is 5.56 Å². The molecule has 1 aliphatic heterocycles. The Morgan fingerprint density at radius 3 is 2.39 bits per heavy atom. The first-order chi connectivity index (χ1) is 13.1. The number of hydrogen-bond acceptors (Lipinski definition) is 4. The summed E-state index contributed by atoms with van der Waals surface area (Å²) in [6.07, 6.45) is -5.28. The van der Waals surface area contributed by atoms with Gasteiger partial charge < -0.3 is 10.1 Å². The van der Waals surface area contributed by atoms with E-state index in [1.54, 1.807) is 18.2 Å². The van der Waals surface area contributed by atoms with Crippen LogP contribution in [-0.4, -0.2) is 34.9 Å². The number of methoxy groups -OCH3 is 1. The van der Waals surface area contributed by atoms with Crippen LogP contribution in [0.25, 0.3) is 5.69 Å². The number of hydrogen-bond donors (Lipinski definition) is 2. The first kappa shape index (κ1) is 19.5. The second-order valence-corrected chi connectivity index (χ2v) is 6.33. The Bertz CT molecular complexity index is 1020. The zero-order valence-electron chi connectivity index (χ0n) is 14.9. The van der Waals surface area contributed by atoms with Crippen LogP contribution in [0.3, 0.4) is 0 Å². The number of halogens is 3. The second-order valence-electron chi connectivity index (χ2n) is 6.33. The Hall–Kier alpha value is -3.30. The fraction of sp³-hybridized carbons (Fsp3) is 0.278. The van der Waals surface area contributed by atoms with Gasteiger partial charge in [0.15, 0.2) is 5.41 Å². The van der Waals surface area contributed by atoms with E-state index in [1.165, 1.54) is 19.1 Å². The molecule has 2 aromatic rings. The van der Waals surface area contributed by atoms with E-state index in [1.807, 2.05) is 5.32 Å². The molecule has 10 heteroatoms. The molecule has 1 fully saturated rings. The van der Waals surface area contributed by atoms with E-state index in [4.69, 9.17) is 0 Å². The van der Waals surface area contributed by atoms with Gasteiger partial charge in [-0.15, -0.1) is 0 Å². The van der Waals surface area contributed by atoms with Crippen molar-refractivity contribution in [3.05, 3.63) is 64.2 Å². The molecule has 0 saturated carbocycles. The van der Waals surface area contributed by atoms with Crippen molar-refractivity contribution in [3.63, 3.8) is 0 Å². The third kappa shape index (κ3) is 2.48. The molecule has 1 amide bonds. The molecule has 2 N–H and O–H groups in total. The zero-order chi connectivity index (χ0) is 20.9. The number of benzene rings is 1. The molecular formula is C18H16F3N3O4. The van der Waals surface area contributed by atoms with Crippen LogP contribution < -0.4 is 10.9 Å². The van der Waals surface area contributed by atoms with Crippen LogP contribution in [0.2, 0.25) is 0 Å². The van der Waals surface area contributed by atoms with Crippen LogP contribution in [0.4, 0.5) is 13.2 Å². The molecule has 1 aromatic carbocycles. The van der Waals surface area contributed by atoms with Gasteiger partial charge in [-0.05, 0) is 19.1 Å². The lowest BCUT2D eigenvalue weighted by molar-refractivity contribution is -0.204. The predicted molar refractivity (Wildman–Crippen MR) is 91.6 cm³/mol. The summed E-state index contributed by atoms with van der Waals surface area (Å²) >= 11 is 0. The summed E-state index contributed by atoms with van der Waals surface area (Å²) < 4.78 is 48.5. The molecule has 0 spiro atoms. The van der Waals surface area contributed by atoms with Crippen LogP contribution in [0.1, 0.15) is 11.3 Å². The van der Waals surface area contributed by atoms with Gasteiger partial charge in [0.1, 0.15) is 5.92 Å². The third-order valence-electron chi connectivity index (χ3n) is 4.78. The number of esters is 1. The van der Waals surface area contributed by atoms with Crippen molar-refractivity contribution in [2.75, 3.05) is 7.11 Å². The number of aromatic amines is 1. The Kier molecular flexibility index (Phi) is 4.44. The number of H-pyrrole nitrogens is 1. The summed E-state index contributed by atoms with van der Waals surface area (Å²) in [6.45, 7) is 4.59. The van der Waals surface area contributed by atoms with Gasteiger partial charge in [0, 0.05) is 11.4 Å². The third-order valence-corrected chi connectivity index (χ3v) is 4.78. The molecule has 2 atom stereocenters. The van der Waals surface area contributed by atoms with Gasteiger partial charge in [-0.3, -0.25) is 19.5 Å². The van der Waals surface area contributed by atoms with Crippen molar-refractivity contribution in [1.29, 1.82) is 0 Å². The molecule has 1 aliphatic rings.